The Labute approximate surface area is 134 Å². The van der Waals surface area contributed by atoms with Crippen LogP contribution in [-0.4, -0.2) is 0 Å². The molecule has 0 aromatic rings. The minimum absolute atomic E-state index is 0. The van der Waals surface area contributed by atoms with Crippen LogP contribution >= 0.6 is 0 Å². The van der Waals surface area contributed by atoms with Crippen molar-refractivity contribution in [2.75, 3.05) is 0 Å². The van der Waals surface area contributed by atoms with Crippen LogP contribution in [0.4, 0.5) is 0 Å². The fourth-order valence-corrected chi connectivity index (χ4v) is 0. The molecule has 0 aromatic carbocycles. The molecule has 56 valence electrons. The first-order valence-electron chi connectivity index (χ1n) is 0. The molecular formula is Mn8. The maximum absolute atomic E-state index is 0. The first kappa shape index (κ1) is 87.6. The summed E-state index contributed by atoms with van der Waals surface area (Å²) in [6, 6.07) is 0. The average molecular weight is 440 g/mol. The van der Waals surface area contributed by atoms with Crippen molar-refractivity contribution in [3.05, 3.63) is 0 Å². The van der Waals surface area contributed by atoms with E-state index in [9.17, 15) is 0 Å². The Morgan fingerprint density at radius 3 is 0.125 bits per heavy atom. The molecule has 0 saturated carbocycles. The third kappa shape index (κ3) is 49.3. The van der Waals surface area contributed by atoms with Crippen molar-refractivity contribution >= 4 is 0 Å². The molecular weight excluding hydrogens is 440 g/mol. The van der Waals surface area contributed by atoms with Crippen LogP contribution < -0.4 is 0 Å². The monoisotopic (exact) mass is 440 g/mol. The normalized spacial score (nSPS) is 0. The van der Waals surface area contributed by atoms with E-state index in [0.717, 1.165) is 0 Å². The number of hydrogen-bond donors (Lipinski definition) is 0. The summed E-state index contributed by atoms with van der Waals surface area (Å²) in [5.74, 6) is 0. The van der Waals surface area contributed by atoms with E-state index in [0.29, 0.717) is 0 Å². The van der Waals surface area contributed by atoms with Crippen molar-refractivity contribution in [2.45, 2.75) is 0 Å². The second kappa shape index (κ2) is 66.6. The minimum Gasteiger partial charge on any atom is 0 e. The van der Waals surface area contributed by atoms with Gasteiger partial charge in [-0.2, -0.15) is 0 Å². The van der Waals surface area contributed by atoms with Crippen LogP contribution in [0.15, 0.2) is 0 Å². The second-order valence-corrected chi connectivity index (χ2v) is 0. The van der Waals surface area contributed by atoms with Crippen molar-refractivity contribution in [3.8, 4) is 0 Å². The summed E-state index contributed by atoms with van der Waals surface area (Å²) in [6.07, 6.45) is 0. The topological polar surface area (TPSA) is 0 Å². The van der Waals surface area contributed by atoms with Crippen LogP contribution in [0.25, 0.3) is 0 Å². The van der Waals surface area contributed by atoms with Gasteiger partial charge < -0.3 is 0 Å². The average Bonchev–Trinajstić information content (AvgIpc) is 0. The van der Waals surface area contributed by atoms with E-state index >= 15 is 0 Å². The Morgan fingerprint density at radius 1 is 0.125 bits per heavy atom. The Morgan fingerprint density at radius 2 is 0.125 bits per heavy atom. The van der Waals surface area contributed by atoms with Gasteiger partial charge in [0, 0.05) is 137 Å². The Balaban J connectivity index is 0. The summed E-state index contributed by atoms with van der Waals surface area (Å²) < 4.78 is 0. The Bertz CT molecular complexity index is 0. The van der Waals surface area contributed by atoms with Crippen molar-refractivity contribution in [1.82, 2.24) is 0 Å². The molecule has 0 aliphatic carbocycles. The van der Waals surface area contributed by atoms with E-state index in [4.69, 9.17) is 0 Å². The molecule has 0 aliphatic rings. The van der Waals surface area contributed by atoms with Crippen LogP contribution in [0.3, 0.4) is 0 Å². The Hall–Kier alpha value is 4.16. The first-order chi connectivity index (χ1) is 0. The summed E-state index contributed by atoms with van der Waals surface area (Å²) in [6.45, 7) is 0. The zero-order chi connectivity index (χ0) is 0. The summed E-state index contributed by atoms with van der Waals surface area (Å²) in [4.78, 5) is 0. The van der Waals surface area contributed by atoms with Gasteiger partial charge in [-0.05, 0) is 0 Å². The maximum atomic E-state index is 0. The third-order valence-electron chi connectivity index (χ3n) is 0. The predicted molar refractivity (Wildman–Crippen MR) is 0 cm³/mol. The van der Waals surface area contributed by atoms with Gasteiger partial charge in [0.25, 0.3) is 0 Å². The molecule has 0 fully saturated rings. The van der Waals surface area contributed by atoms with Gasteiger partial charge >= 0.3 is 0 Å². The first-order valence-corrected chi connectivity index (χ1v) is 0. The van der Waals surface area contributed by atoms with Gasteiger partial charge in [-0.25, -0.2) is 0 Å². The summed E-state index contributed by atoms with van der Waals surface area (Å²) in [5.41, 5.74) is 0. The zero-order valence-corrected chi connectivity index (χ0v) is 12.5. The number of hydrogen-bond acceptors (Lipinski definition) is 0. The van der Waals surface area contributed by atoms with Gasteiger partial charge in [-0.3, -0.25) is 0 Å². The fourth-order valence-electron chi connectivity index (χ4n) is 0. The molecule has 0 unspecified atom stereocenters. The smallest absolute Gasteiger partial charge is 0 e. The quantitative estimate of drug-likeness (QED) is 0.466. The van der Waals surface area contributed by atoms with Crippen LogP contribution in [0.1, 0.15) is 0 Å². The zero-order valence-electron chi connectivity index (χ0n) is 3.02. The summed E-state index contributed by atoms with van der Waals surface area (Å²) in [5, 5.41) is 0. The fraction of sp³-hybridized carbons (Fsp3) is 0. The van der Waals surface area contributed by atoms with Crippen LogP contribution in [0.2, 0.25) is 0 Å². The standard InChI is InChI=1S/8Mn. The molecule has 8 heavy (non-hydrogen) atoms. The van der Waals surface area contributed by atoms with Crippen LogP contribution in [0.5, 0.6) is 0 Å². The molecule has 0 N–H and O–H groups in total. The van der Waals surface area contributed by atoms with Gasteiger partial charge in [-0.15, -0.1) is 0 Å². The van der Waals surface area contributed by atoms with Crippen molar-refractivity contribution in [3.63, 3.8) is 0 Å². The molecule has 0 aromatic heterocycles. The van der Waals surface area contributed by atoms with Crippen LogP contribution in [-0.2, 0) is 137 Å². The molecule has 0 saturated heterocycles. The maximum Gasteiger partial charge on any atom is 0 e. The Kier molecular flexibility index (Phi) is 729. The minimum atomic E-state index is 0. The van der Waals surface area contributed by atoms with E-state index in [1.54, 1.807) is 0 Å². The molecule has 8 radical (unpaired) electrons. The van der Waals surface area contributed by atoms with E-state index < -0.39 is 0 Å². The van der Waals surface area contributed by atoms with E-state index in [1.807, 2.05) is 0 Å². The molecule has 0 spiro atoms. The van der Waals surface area contributed by atoms with E-state index in [1.165, 1.54) is 0 Å². The largest absolute Gasteiger partial charge is 0 e. The molecule has 0 atom stereocenters. The van der Waals surface area contributed by atoms with Crippen molar-refractivity contribution < 1.29 is 137 Å². The van der Waals surface area contributed by atoms with Gasteiger partial charge in [0.2, 0.25) is 0 Å². The molecule has 0 aliphatic heterocycles. The third-order valence-corrected chi connectivity index (χ3v) is 0. The molecule has 0 heterocycles. The van der Waals surface area contributed by atoms with Crippen molar-refractivity contribution in [1.29, 1.82) is 0 Å². The molecule has 0 bridgehead atoms. The summed E-state index contributed by atoms with van der Waals surface area (Å²) in [7, 11) is 0. The van der Waals surface area contributed by atoms with Gasteiger partial charge in [0.15, 0.2) is 0 Å². The van der Waals surface area contributed by atoms with E-state index in [2.05, 4.69) is 0 Å². The molecule has 8 heteroatoms. The summed E-state index contributed by atoms with van der Waals surface area (Å²) >= 11 is 0. The van der Waals surface area contributed by atoms with Gasteiger partial charge in [-0.1, -0.05) is 0 Å². The predicted octanol–water partition coefficient (Wildman–Crippen LogP) is -0.0200. The van der Waals surface area contributed by atoms with Crippen LogP contribution in [0, 0.1) is 0 Å². The molecule has 0 rings (SSSR count). The van der Waals surface area contributed by atoms with Gasteiger partial charge in [0.1, 0.15) is 0 Å². The SMILES string of the molecule is [Mn].[Mn].[Mn].[Mn].[Mn].[Mn].[Mn].[Mn]. The molecule has 0 nitrogen and oxygen atoms in total. The number of rotatable bonds is 0. The molecule has 0 amide bonds. The second-order valence-electron chi connectivity index (χ2n) is 0. The van der Waals surface area contributed by atoms with Gasteiger partial charge in [0.05, 0.1) is 0 Å². The van der Waals surface area contributed by atoms with Crippen molar-refractivity contribution in [2.24, 2.45) is 0 Å². The van der Waals surface area contributed by atoms with E-state index in [-0.39, 0.29) is 137 Å².